The third-order valence-corrected chi connectivity index (χ3v) is 2.38. The maximum Gasteiger partial charge on any atom is 0.112 e. The lowest BCUT2D eigenvalue weighted by molar-refractivity contribution is 0.487. The second-order valence-corrected chi connectivity index (χ2v) is 3.34. The lowest BCUT2D eigenvalue weighted by atomic mass is 9.94. The van der Waals surface area contributed by atoms with Gasteiger partial charge in [-0.15, -0.1) is 0 Å². The Hall–Kier alpha value is -2.01. The van der Waals surface area contributed by atoms with E-state index in [0.29, 0.717) is 6.42 Å². The highest BCUT2D eigenvalue weighted by Crippen LogP contribution is 2.27. The van der Waals surface area contributed by atoms with Gasteiger partial charge in [-0.25, -0.2) is 0 Å². The van der Waals surface area contributed by atoms with Crippen LogP contribution in [0.4, 0.5) is 0 Å². The molecule has 0 aliphatic rings. The highest BCUT2D eigenvalue weighted by Gasteiger charge is 2.15. The lowest BCUT2D eigenvalue weighted by Crippen LogP contribution is -1.98. The summed E-state index contributed by atoms with van der Waals surface area (Å²) < 4.78 is 5.35. The molecule has 0 fully saturated rings. The number of rotatable bonds is 3. The number of benzene rings is 1. The molecule has 1 aromatic carbocycles. The van der Waals surface area contributed by atoms with Gasteiger partial charge in [0, 0.05) is 6.42 Å². The Kier molecular flexibility index (Phi) is 2.85. The van der Waals surface area contributed by atoms with Gasteiger partial charge in [0.05, 0.1) is 18.3 Å². The number of nitriles is 1. The molecule has 1 aromatic heterocycles. The van der Waals surface area contributed by atoms with E-state index < -0.39 is 0 Å². The second kappa shape index (κ2) is 4.47. The first-order chi connectivity index (χ1) is 7.42. The summed E-state index contributed by atoms with van der Waals surface area (Å²) in [7, 11) is 0. The fraction of sp³-hybridized carbons (Fsp3) is 0.154. The minimum atomic E-state index is 0.0474. The van der Waals surface area contributed by atoms with E-state index >= 15 is 0 Å². The summed E-state index contributed by atoms with van der Waals surface area (Å²) in [6.07, 6.45) is 2.08. The summed E-state index contributed by atoms with van der Waals surface area (Å²) in [4.78, 5) is 0. The van der Waals surface area contributed by atoms with Gasteiger partial charge in [-0.2, -0.15) is 5.26 Å². The third-order valence-electron chi connectivity index (χ3n) is 2.38. The molecular formula is C13H11NO. The van der Waals surface area contributed by atoms with Crippen LogP contribution in [0.5, 0.6) is 0 Å². The molecule has 0 saturated carbocycles. The molecular weight excluding hydrogens is 186 g/mol. The van der Waals surface area contributed by atoms with Crippen molar-refractivity contribution < 1.29 is 4.42 Å². The van der Waals surface area contributed by atoms with Crippen LogP contribution in [0.15, 0.2) is 53.1 Å². The topological polar surface area (TPSA) is 36.9 Å². The van der Waals surface area contributed by atoms with Crippen LogP contribution in [0.1, 0.15) is 23.7 Å². The SMILES string of the molecule is N#CC[C@H](c1ccccc1)c1ccco1. The summed E-state index contributed by atoms with van der Waals surface area (Å²) in [5.41, 5.74) is 1.12. The molecule has 0 aliphatic carbocycles. The predicted octanol–water partition coefficient (Wildman–Crippen LogP) is 3.33. The molecule has 1 atom stereocenters. The fourth-order valence-corrected chi connectivity index (χ4v) is 1.65. The van der Waals surface area contributed by atoms with E-state index in [1.54, 1.807) is 6.26 Å². The predicted molar refractivity (Wildman–Crippen MR) is 57.2 cm³/mol. The minimum absolute atomic E-state index is 0.0474. The lowest BCUT2D eigenvalue weighted by Gasteiger charge is -2.10. The monoisotopic (exact) mass is 197 g/mol. The van der Waals surface area contributed by atoms with Crippen molar-refractivity contribution >= 4 is 0 Å². The molecule has 1 heterocycles. The molecule has 74 valence electrons. The van der Waals surface area contributed by atoms with Crippen molar-refractivity contribution in [1.82, 2.24) is 0 Å². The molecule has 0 aliphatic heterocycles. The van der Waals surface area contributed by atoms with Crippen LogP contribution in [-0.2, 0) is 0 Å². The summed E-state index contributed by atoms with van der Waals surface area (Å²) in [5.74, 6) is 0.897. The first-order valence-corrected chi connectivity index (χ1v) is 4.87. The van der Waals surface area contributed by atoms with Gasteiger partial charge < -0.3 is 4.42 Å². The van der Waals surface area contributed by atoms with E-state index in [1.807, 2.05) is 42.5 Å². The maximum atomic E-state index is 8.81. The van der Waals surface area contributed by atoms with Crippen LogP contribution in [0.2, 0.25) is 0 Å². The highest BCUT2D eigenvalue weighted by molar-refractivity contribution is 5.28. The molecule has 2 heteroatoms. The molecule has 0 saturated heterocycles. The van der Waals surface area contributed by atoms with E-state index in [9.17, 15) is 0 Å². The van der Waals surface area contributed by atoms with Gasteiger partial charge >= 0.3 is 0 Å². The standard InChI is InChI=1S/C13H11NO/c14-9-8-12(13-7-4-10-15-13)11-5-2-1-3-6-11/h1-7,10,12H,8H2/t12-/m1/s1. The van der Waals surface area contributed by atoms with Crippen LogP contribution < -0.4 is 0 Å². The molecule has 0 N–H and O–H groups in total. The van der Waals surface area contributed by atoms with E-state index in [2.05, 4.69) is 6.07 Å². The van der Waals surface area contributed by atoms with E-state index in [1.165, 1.54) is 0 Å². The van der Waals surface area contributed by atoms with Gasteiger partial charge in [0.25, 0.3) is 0 Å². The van der Waals surface area contributed by atoms with Gasteiger partial charge in [-0.1, -0.05) is 30.3 Å². The molecule has 0 radical (unpaired) electrons. The number of hydrogen-bond donors (Lipinski definition) is 0. The first-order valence-electron chi connectivity index (χ1n) is 4.87. The Morgan fingerprint density at radius 1 is 1.13 bits per heavy atom. The Morgan fingerprint density at radius 2 is 1.93 bits per heavy atom. The smallest absolute Gasteiger partial charge is 0.112 e. The van der Waals surface area contributed by atoms with Crippen LogP contribution >= 0.6 is 0 Å². The summed E-state index contributed by atoms with van der Waals surface area (Å²) in [6, 6.07) is 15.9. The van der Waals surface area contributed by atoms with Crippen molar-refractivity contribution in [3.63, 3.8) is 0 Å². The number of nitrogens with zero attached hydrogens (tertiary/aromatic N) is 1. The Balaban J connectivity index is 2.33. The zero-order chi connectivity index (χ0) is 10.5. The molecule has 2 aromatic rings. The summed E-state index contributed by atoms with van der Waals surface area (Å²) in [5, 5.41) is 8.81. The van der Waals surface area contributed by atoms with E-state index in [0.717, 1.165) is 11.3 Å². The fourth-order valence-electron chi connectivity index (χ4n) is 1.65. The molecule has 0 unspecified atom stereocenters. The maximum absolute atomic E-state index is 8.81. The van der Waals surface area contributed by atoms with Gasteiger partial charge in [0.2, 0.25) is 0 Å². The number of hydrogen-bond acceptors (Lipinski definition) is 2. The normalized spacial score (nSPS) is 11.9. The largest absolute Gasteiger partial charge is 0.469 e. The van der Waals surface area contributed by atoms with Crippen molar-refractivity contribution in [3.8, 4) is 6.07 Å². The van der Waals surface area contributed by atoms with Crippen molar-refractivity contribution in [2.75, 3.05) is 0 Å². The van der Waals surface area contributed by atoms with Crippen LogP contribution in [0.25, 0.3) is 0 Å². The Labute approximate surface area is 88.8 Å². The number of furan rings is 1. The van der Waals surface area contributed by atoms with Gasteiger partial charge in [0.15, 0.2) is 0 Å². The first kappa shape index (κ1) is 9.54. The zero-order valence-corrected chi connectivity index (χ0v) is 8.26. The zero-order valence-electron chi connectivity index (χ0n) is 8.26. The van der Waals surface area contributed by atoms with Gasteiger partial charge in [-0.05, 0) is 17.7 Å². The quantitative estimate of drug-likeness (QED) is 0.756. The van der Waals surface area contributed by atoms with Crippen molar-refractivity contribution in [3.05, 3.63) is 60.1 Å². The average Bonchev–Trinajstić information content (AvgIpc) is 2.80. The molecule has 2 rings (SSSR count). The summed E-state index contributed by atoms with van der Waals surface area (Å²) >= 11 is 0. The highest BCUT2D eigenvalue weighted by atomic mass is 16.3. The van der Waals surface area contributed by atoms with E-state index in [-0.39, 0.29) is 5.92 Å². The van der Waals surface area contributed by atoms with Crippen LogP contribution in [0, 0.1) is 11.3 Å². The van der Waals surface area contributed by atoms with E-state index in [4.69, 9.17) is 9.68 Å². The third kappa shape index (κ3) is 2.08. The molecule has 15 heavy (non-hydrogen) atoms. The van der Waals surface area contributed by atoms with Crippen molar-refractivity contribution in [2.24, 2.45) is 0 Å². The summed E-state index contributed by atoms with van der Waals surface area (Å²) in [6.45, 7) is 0. The Morgan fingerprint density at radius 3 is 2.53 bits per heavy atom. The Bertz CT molecular complexity index is 439. The van der Waals surface area contributed by atoms with Crippen molar-refractivity contribution in [2.45, 2.75) is 12.3 Å². The minimum Gasteiger partial charge on any atom is -0.469 e. The molecule has 0 bridgehead atoms. The van der Waals surface area contributed by atoms with Gasteiger partial charge in [0.1, 0.15) is 5.76 Å². The molecule has 0 spiro atoms. The van der Waals surface area contributed by atoms with Crippen LogP contribution in [0.3, 0.4) is 0 Å². The second-order valence-electron chi connectivity index (χ2n) is 3.34. The average molecular weight is 197 g/mol. The van der Waals surface area contributed by atoms with Crippen molar-refractivity contribution in [1.29, 1.82) is 5.26 Å². The van der Waals surface area contributed by atoms with Gasteiger partial charge in [-0.3, -0.25) is 0 Å². The molecule has 2 nitrogen and oxygen atoms in total. The van der Waals surface area contributed by atoms with Crippen LogP contribution in [-0.4, -0.2) is 0 Å². The molecule has 0 amide bonds.